The summed E-state index contributed by atoms with van der Waals surface area (Å²) in [6, 6.07) is -0.646. The van der Waals surface area contributed by atoms with Crippen LogP contribution in [-0.2, 0) is 33.4 Å². The van der Waals surface area contributed by atoms with E-state index in [0.29, 0.717) is 32.7 Å². The van der Waals surface area contributed by atoms with E-state index in [2.05, 4.69) is 61.1 Å². The van der Waals surface area contributed by atoms with Crippen LogP contribution in [0.1, 0.15) is 101 Å². The van der Waals surface area contributed by atoms with Crippen LogP contribution in [0.4, 0.5) is 0 Å². The summed E-state index contributed by atoms with van der Waals surface area (Å²) in [4.78, 5) is 55.7. The van der Waals surface area contributed by atoms with Gasteiger partial charge in [-0.05, 0) is 71.7 Å². The highest BCUT2D eigenvalue weighted by Gasteiger charge is 2.41. The summed E-state index contributed by atoms with van der Waals surface area (Å²) >= 11 is 0. The van der Waals surface area contributed by atoms with E-state index in [9.17, 15) is 19.2 Å². The third kappa shape index (κ3) is 19.9. The van der Waals surface area contributed by atoms with Gasteiger partial charge in [0.25, 0.3) is 6.47 Å². The standard InChI is InChI=1S/C36H65N5O5.C4H9NO2.C3H8/c1-14-18-28(16-3)21-26(7)38-35(43)27(8)34(46-13)29-19-17-20-41(29)31(42)22-30(45-12)33(25(6)15-2)40(11)23-37-36(44)32(24(4)5)39(9)10;1-4(2-5)7-3-6;1-3-2/h14,16,18,24-27,29-30,32-34H,1,3,15,17,19-23H2,2,4-13H3,(H,37,44)(H,38,43);3-4H,2,5H2,1H3;3H2,1-2H3/b28-18+;;. The average Bonchev–Trinajstić information content (AvgIpc) is 3.63. The van der Waals surface area contributed by atoms with Gasteiger partial charge in [0.1, 0.15) is 6.10 Å². The Bertz CT molecular complexity index is 1160. The molecule has 13 nitrogen and oxygen atoms in total. The SMILES string of the molecule is C=C/C=C(\C=C)CC(C)NC(=O)C(C)C(OC)C1CCCN1C(=O)CC(OC)C(C(C)CC)N(C)CNC(=O)C(C(C)C)N(C)C.CC(CN)OC=O.CCC. The molecule has 326 valence electrons. The summed E-state index contributed by atoms with van der Waals surface area (Å²) < 4.78 is 16.3. The Morgan fingerprint density at radius 1 is 0.964 bits per heavy atom. The first-order valence-electron chi connectivity index (χ1n) is 20.4. The van der Waals surface area contributed by atoms with Gasteiger partial charge in [-0.3, -0.25) is 29.0 Å². The topological polar surface area (TPSA) is 156 Å². The van der Waals surface area contributed by atoms with Gasteiger partial charge in [0.2, 0.25) is 17.7 Å². The summed E-state index contributed by atoms with van der Waals surface area (Å²) in [5.41, 5.74) is 6.07. The van der Waals surface area contributed by atoms with Crippen molar-refractivity contribution in [3.8, 4) is 0 Å². The number of rotatable bonds is 24. The fourth-order valence-electron chi connectivity index (χ4n) is 7.09. The number of methoxy groups -OCH3 is 2. The molecule has 0 aromatic rings. The van der Waals surface area contributed by atoms with Crippen molar-refractivity contribution in [2.24, 2.45) is 23.5 Å². The highest BCUT2D eigenvalue weighted by atomic mass is 16.5. The van der Waals surface area contributed by atoms with Gasteiger partial charge in [0, 0.05) is 39.4 Å². The Hall–Kier alpha value is -3.10. The highest BCUT2D eigenvalue weighted by molar-refractivity contribution is 5.82. The Balaban J connectivity index is 0. The van der Waals surface area contributed by atoms with Crippen molar-refractivity contribution in [3.63, 3.8) is 0 Å². The Morgan fingerprint density at radius 3 is 2.00 bits per heavy atom. The second kappa shape index (κ2) is 31.0. The van der Waals surface area contributed by atoms with Crippen LogP contribution >= 0.6 is 0 Å². The molecule has 0 aliphatic carbocycles. The van der Waals surface area contributed by atoms with Crippen molar-refractivity contribution in [2.75, 3.05) is 55.1 Å². The van der Waals surface area contributed by atoms with E-state index in [1.807, 2.05) is 64.7 Å². The fraction of sp³-hybridized carbons (Fsp3) is 0.767. The molecule has 0 aromatic heterocycles. The minimum atomic E-state index is -0.459. The van der Waals surface area contributed by atoms with E-state index in [-0.39, 0.29) is 72.4 Å². The molecule has 0 bridgehead atoms. The number of nitrogens with zero attached hydrogens (tertiary/aromatic N) is 3. The number of hydrogen-bond donors (Lipinski definition) is 3. The van der Waals surface area contributed by atoms with Crippen LogP contribution in [0.3, 0.4) is 0 Å². The van der Waals surface area contributed by atoms with Crippen LogP contribution in [0.2, 0.25) is 0 Å². The number of allylic oxidation sites excluding steroid dienone is 3. The first-order chi connectivity index (χ1) is 26.4. The number of carbonyl (C=O) groups is 4. The first kappa shape index (κ1) is 55.0. The van der Waals surface area contributed by atoms with E-state index in [0.717, 1.165) is 24.8 Å². The van der Waals surface area contributed by atoms with E-state index < -0.39 is 12.0 Å². The summed E-state index contributed by atoms with van der Waals surface area (Å²) in [5, 5.41) is 6.21. The molecule has 1 rings (SSSR count). The third-order valence-corrected chi connectivity index (χ3v) is 10.1. The van der Waals surface area contributed by atoms with Crippen LogP contribution in [0.5, 0.6) is 0 Å². The van der Waals surface area contributed by atoms with Gasteiger partial charge < -0.3 is 35.5 Å². The zero-order valence-electron chi connectivity index (χ0n) is 37.6. The molecule has 1 aliphatic rings. The molecule has 0 saturated carbocycles. The molecule has 13 heteroatoms. The molecule has 1 saturated heterocycles. The average molecular weight is 795 g/mol. The Kier molecular flexibility index (Phi) is 30.4. The zero-order chi connectivity index (χ0) is 43.5. The molecule has 0 radical (unpaired) electrons. The van der Waals surface area contributed by atoms with Crippen molar-refractivity contribution in [2.45, 2.75) is 143 Å². The molecule has 0 spiro atoms. The molecule has 56 heavy (non-hydrogen) atoms. The van der Waals surface area contributed by atoms with Crippen molar-refractivity contribution < 1.29 is 33.4 Å². The van der Waals surface area contributed by atoms with Crippen LogP contribution < -0.4 is 16.4 Å². The normalized spacial score (nSPS) is 18.5. The van der Waals surface area contributed by atoms with Crippen molar-refractivity contribution >= 4 is 24.2 Å². The van der Waals surface area contributed by atoms with Crippen molar-refractivity contribution in [1.82, 2.24) is 25.3 Å². The third-order valence-electron chi connectivity index (χ3n) is 10.1. The number of nitrogens with one attached hydrogen (secondary N) is 2. The van der Waals surface area contributed by atoms with Gasteiger partial charge in [0.15, 0.2) is 0 Å². The second-order valence-electron chi connectivity index (χ2n) is 15.5. The molecule has 1 aliphatic heterocycles. The maximum atomic E-state index is 13.9. The van der Waals surface area contributed by atoms with Crippen LogP contribution in [0, 0.1) is 17.8 Å². The first-order valence-corrected chi connectivity index (χ1v) is 20.4. The van der Waals surface area contributed by atoms with Crippen LogP contribution in [0.15, 0.2) is 37.0 Å². The smallest absolute Gasteiger partial charge is 0.293 e. The number of ether oxygens (including phenoxy) is 3. The van der Waals surface area contributed by atoms with Crippen LogP contribution in [0.25, 0.3) is 0 Å². The van der Waals surface area contributed by atoms with Gasteiger partial charge in [-0.1, -0.05) is 92.7 Å². The van der Waals surface area contributed by atoms with Crippen molar-refractivity contribution in [1.29, 1.82) is 0 Å². The van der Waals surface area contributed by atoms with E-state index in [1.165, 1.54) is 6.42 Å². The summed E-state index contributed by atoms with van der Waals surface area (Å²) in [6.45, 7) is 27.5. The molecule has 4 N–H and O–H groups in total. The quantitative estimate of drug-likeness (QED) is 0.0679. The van der Waals surface area contributed by atoms with Crippen LogP contribution in [-0.4, -0.2) is 136 Å². The second-order valence-corrected chi connectivity index (χ2v) is 15.5. The highest BCUT2D eigenvalue weighted by Crippen LogP contribution is 2.29. The lowest BCUT2D eigenvalue weighted by Gasteiger charge is -2.39. The number of likely N-dealkylation sites (N-methyl/N-ethyl adjacent to an activating group) is 2. The molecule has 3 amide bonds. The maximum absolute atomic E-state index is 13.9. The van der Waals surface area contributed by atoms with E-state index in [4.69, 9.17) is 15.2 Å². The minimum absolute atomic E-state index is 0.0132. The predicted octanol–water partition coefficient (Wildman–Crippen LogP) is 5.16. The Labute approximate surface area is 341 Å². The molecule has 0 aromatic carbocycles. The van der Waals surface area contributed by atoms with Gasteiger partial charge in [-0.25, -0.2) is 0 Å². The molecular formula is C43H82N6O7. The number of carbonyl (C=O) groups excluding carboxylic acids is 4. The minimum Gasteiger partial charge on any atom is -0.464 e. The monoisotopic (exact) mass is 795 g/mol. The predicted molar refractivity (Wildman–Crippen MR) is 229 cm³/mol. The van der Waals surface area contributed by atoms with Gasteiger partial charge >= 0.3 is 0 Å². The summed E-state index contributed by atoms with van der Waals surface area (Å²) in [7, 11) is 9.06. The van der Waals surface area contributed by atoms with E-state index >= 15 is 0 Å². The van der Waals surface area contributed by atoms with Gasteiger partial charge in [-0.15, -0.1) is 0 Å². The molecular weight excluding hydrogens is 713 g/mol. The fourth-order valence-corrected chi connectivity index (χ4v) is 7.09. The van der Waals surface area contributed by atoms with E-state index in [1.54, 1.807) is 33.3 Å². The number of hydrogen-bond acceptors (Lipinski definition) is 10. The number of amides is 3. The summed E-state index contributed by atoms with van der Waals surface area (Å²) in [6.07, 6.45) is 8.99. The molecule has 1 heterocycles. The van der Waals surface area contributed by atoms with Crippen molar-refractivity contribution in [3.05, 3.63) is 37.0 Å². The van der Waals surface area contributed by atoms with Gasteiger partial charge in [-0.2, -0.15) is 0 Å². The lowest BCUT2D eigenvalue weighted by molar-refractivity contribution is -0.143. The number of nitrogens with two attached hydrogens (primary N) is 1. The molecule has 1 fully saturated rings. The Morgan fingerprint density at radius 2 is 1.57 bits per heavy atom. The lowest BCUT2D eigenvalue weighted by Crippen LogP contribution is -2.55. The maximum Gasteiger partial charge on any atom is 0.293 e. The molecule has 9 unspecified atom stereocenters. The zero-order valence-corrected chi connectivity index (χ0v) is 37.6. The number of likely N-dealkylation sites (tertiary alicyclic amines) is 1. The summed E-state index contributed by atoms with van der Waals surface area (Å²) in [5.74, 6) is -0.220. The van der Waals surface area contributed by atoms with Gasteiger partial charge in [0.05, 0.1) is 43.3 Å². The molecule has 9 atom stereocenters. The lowest BCUT2D eigenvalue weighted by atomic mass is 9.90. The largest absolute Gasteiger partial charge is 0.464 e.